The third kappa shape index (κ3) is 5.54. The fourth-order valence-corrected chi connectivity index (χ4v) is 2.90. The second-order valence-corrected chi connectivity index (χ2v) is 6.15. The Morgan fingerprint density at radius 2 is 1.77 bits per heavy atom. The zero-order valence-corrected chi connectivity index (χ0v) is 15.4. The van der Waals surface area contributed by atoms with Gasteiger partial charge in [-0.15, -0.1) is 0 Å². The van der Waals surface area contributed by atoms with Crippen LogP contribution in [-0.4, -0.2) is 54.1 Å². The molecule has 6 heteroatoms. The number of benzene rings is 2. The Balaban J connectivity index is 1.95. The minimum atomic E-state index is -1.02. The number of aliphatic carboxylic acids is 1. The SMILES string of the molecule is CCN(CC)CCNC(CC(=O)Nc1cccc2ccccc12)C(=O)O. The van der Waals surface area contributed by atoms with E-state index in [9.17, 15) is 14.7 Å². The molecule has 0 heterocycles. The molecule has 2 rings (SSSR count). The fraction of sp³-hybridized carbons (Fsp3) is 0.400. The van der Waals surface area contributed by atoms with Gasteiger partial charge in [-0.3, -0.25) is 9.59 Å². The van der Waals surface area contributed by atoms with Crippen LogP contribution in [0, 0.1) is 0 Å². The summed E-state index contributed by atoms with van der Waals surface area (Å²) in [5, 5.41) is 17.2. The molecule has 1 unspecified atom stereocenters. The Kier molecular flexibility index (Phi) is 7.56. The lowest BCUT2D eigenvalue weighted by atomic mass is 10.1. The Morgan fingerprint density at radius 1 is 1.08 bits per heavy atom. The van der Waals surface area contributed by atoms with Gasteiger partial charge in [-0.25, -0.2) is 0 Å². The molecule has 0 bridgehead atoms. The van der Waals surface area contributed by atoms with E-state index in [1.807, 2.05) is 42.5 Å². The first-order valence-electron chi connectivity index (χ1n) is 9.01. The standard InChI is InChI=1S/C20H27N3O3/c1-3-23(4-2)13-12-21-18(20(25)26)14-19(24)22-17-11-7-9-15-8-5-6-10-16(15)17/h5-11,18,21H,3-4,12-14H2,1-2H3,(H,22,24)(H,25,26). The normalized spacial score (nSPS) is 12.3. The maximum Gasteiger partial charge on any atom is 0.321 e. The molecule has 6 nitrogen and oxygen atoms in total. The molecule has 1 atom stereocenters. The van der Waals surface area contributed by atoms with Crippen LogP contribution in [0.3, 0.4) is 0 Å². The van der Waals surface area contributed by atoms with Crippen molar-refractivity contribution in [3.05, 3.63) is 42.5 Å². The van der Waals surface area contributed by atoms with Crippen LogP contribution in [0.1, 0.15) is 20.3 Å². The van der Waals surface area contributed by atoms with Gasteiger partial charge in [0, 0.05) is 24.2 Å². The Bertz CT molecular complexity index is 739. The lowest BCUT2D eigenvalue weighted by molar-refractivity contribution is -0.141. The van der Waals surface area contributed by atoms with Crippen LogP contribution in [0.4, 0.5) is 5.69 Å². The lowest BCUT2D eigenvalue weighted by Crippen LogP contribution is -2.43. The van der Waals surface area contributed by atoms with E-state index in [1.165, 1.54) is 0 Å². The molecule has 0 aromatic heterocycles. The van der Waals surface area contributed by atoms with Crippen molar-refractivity contribution in [3.8, 4) is 0 Å². The summed E-state index contributed by atoms with van der Waals surface area (Å²) in [6, 6.07) is 12.5. The molecule has 0 saturated heterocycles. The monoisotopic (exact) mass is 357 g/mol. The number of hydrogen-bond acceptors (Lipinski definition) is 4. The van der Waals surface area contributed by atoms with E-state index >= 15 is 0 Å². The van der Waals surface area contributed by atoms with Crippen molar-refractivity contribution in [3.63, 3.8) is 0 Å². The molecule has 2 aromatic rings. The van der Waals surface area contributed by atoms with Gasteiger partial charge >= 0.3 is 5.97 Å². The van der Waals surface area contributed by atoms with E-state index in [1.54, 1.807) is 0 Å². The number of nitrogens with one attached hydrogen (secondary N) is 2. The molecule has 26 heavy (non-hydrogen) atoms. The number of carbonyl (C=O) groups is 2. The zero-order chi connectivity index (χ0) is 18.9. The zero-order valence-electron chi connectivity index (χ0n) is 15.4. The van der Waals surface area contributed by atoms with Crippen molar-refractivity contribution in [2.75, 3.05) is 31.5 Å². The van der Waals surface area contributed by atoms with Crippen molar-refractivity contribution < 1.29 is 14.7 Å². The van der Waals surface area contributed by atoms with E-state index in [4.69, 9.17) is 0 Å². The van der Waals surface area contributed by atoms with E-state index in [0.29, 0.717) is 12.2 Å². The Morgan fingerprint density at radius 3 is 2.46 bits per heavy atom. The van der Waals surface area contributed by atoms with Crippen molar-refractivity contribution in [2.24, 2.45) is 0 Å². The highest BCUT2D eigenvalue weighted by Gasteiger charge is 2.21. The maximum absolute atomic E-state index is 12.4. The largest absolute Gasteiger partial charge is 0.480 e. The summed E-state index contributed by atoms with van der Waals surface area (Å²) in [6.45, 7) is 7.24. The number of rotatable bonds is 10. The van der Waals surface area contributed by atoms with E-state index < -0.39 is 12.0 Å². The Labute approximate surface area is 154 Å². The minimum Gasteiger partial charge on any atom is -0.480 e. The van der Waals surface area contributed by atoms with Crippen molar-refractivity contribution in [2.45, 2.75) is 26.3 Å². The van der Waals surface area contributed by atoms with Gasteiger partial charge in [-0.1, -0.05) is 50.2 Å². The second kappa shape index (κ2) is 9.89. The average molecular weight is 357 g/mol. The van der Waals surface area contributed by atoms with E-state index in [-0.39, 0.29) is 12.3 Å². The first kappa shape index (κ1) is 19.9. The van der Waals surface area contributed by atoms with Crippen LogP contribution >= 0.6 is 0 Å². The number of amides is 1. The highest BCUT2D eigenvalue weighted by atomic mass is 16.4. The average Bonchev–Trinajstić information content (AvgIpc) is 2.64. The van der Waals surface area contributed by atoms with Crippen molar-refractivity contribution in [1.82, 2.24) is 10.2 Å². The van der Waals surface area contributed by atoms with Crippen LogP contribution in [0.5, 0.6) is 0 Å². The Hall–Kier alpha value is -2.44. The molecular formula is C20H27N3O3. The number of hydrogen-bond donors (Lipinski definition) is 3. The summed E-state index contributed by atoms with van der Waals surface area (Å²) in [7, 11) is 0. The molecule has 1 amide bonds. The molecule has 0 fully saturated rings. The van der Waals surface area contributed by atoms with E-state index in [0.717, 1.165) is 30.4 Å². The van der Waals surface area contributed by atoms with Gasteiger partial charge in [-0.05, 0) is 24.5 Å². The van der Waals surface area contributed by atoms with Gasteiger partial charge in [0.25, 0.3) is 0 Å². The topological polar surface area (TPSA) is 81.7 Å². The number of carbonyl (C=O) groups excluding carboxylic acids is 1. The number of nitrogens with zero attached hydrogens (tertiary/aromatic N) is 1. The van der Waals surface area contributed by atoms with Crippen molar-refractivity contribution >= 4 is 28.3 Å². The summed E-state index contributed by atoms with van der Waals surface area (Å²) >= 11 is 0. The first-order valence-corrected chi connectivity index (χ1v) is 9.01. The predicted molar refractivity (Wildman–Crippen MR) is 104 cm³/mol. The van der Waals surface area contributed by atoms with Crippen molar-refractivity contribution in [1.29, 1.82) is 0 Å². The quantitative estimate of drug-likeness (QED) is 0.609. The highest BCUT2D eigenvalue weighted by Crippen LogP contribution is 2.23. The number of fused-ring (bicyclic) bond motifs is 1. The summed E-state index contributed by atoms with van der Waals surface area (Å²) < 4.78 is 0. The predicted octanol–water partition coefficient (Wildman–Crippen LogP) is 2.55. The molecule has 0 saturated carbocycles. The number of carboxylic acid groups (broad SMARTS) is 1. The maximum atomic E-state index is 12.4. The highest BCUT2D eigenvalue weighted by molar-refractivity contribution is 6.03. The van der Waals surface area contributed by atoms with Gasteiger partial charge in [0.05, 0.1) is 6.42 Å². The van der Waals surface area contributed by atoms with Gasteiger partial charge in [0.2, 0.25) is 5.91 Å². The summed E-state index contributed by atoms with van der Waals surface area (Å²) in [4.78, 5) is 26.0. The van der Waals surface area contributed by atoms with Gasteiger partial charge in [0.1, 0.15) is 6.04 Å². The minimum absolute atomic E-state index is 0.114. The molecule has 3 N–H and O–H groups in total. The third-order valence-electron chi connectivity index (χ3n) is 4.46. The molecule has 0 aliphatic rings. The number of likely N-dealkylation sites (N-methyl/N-ethyl adjacent to an activating group) is 1. The number of anilines is 1. The summed E-state index contributed by atoms with van der Waals surface area (Å²) in [5.41, 5.74) is 0.695. The first-order chi connectivity index (χ1) is 12.5. The molecule has 2 aromatic carbocycles. The smallest absolute Gasteiger partial charge is 0.321 e. The molecule has 140 valence electrons. The third-order valence-corrected chi connectivity index (χ3v) is 4.46. The molecule has 0 aliphatic carbocycles. The van der Waals surface area contributed by atoms with Crippen LogP contribution < -0.4 is 10.6 Å². The van der Waals surface area contributed by atoms with Gasteiger partial charge in [-0.2, -0.15) is 0 Å². The molecule has 0 spiro atoms. The van der Waals surface area contributed by atoms with E-state index in [2.05, 4.69) is 29.4 Å². The number of carboxylic acids is 1. The van der Waals surface area contributed by atoms with Crippen LogP contribution in [-0.2, 0) is 9.59 Å². The van der Waals surface area contributed by atoms with Gasteiger partial charge < -0.3 is 20.6 Å². The molecule has 0 aliphatic heterocycles. The van der Waals surface area contributed by atoms with Gasteiger partial charge in [0.15, 0.2) is 0 Å². The van der Waals surface area contributed by atoms with Crippen LogP contribution in [0.15, 0.2) is 42.5 Å². The molecular weight excluding hydrogens is 330 g/mol. The second-order valence-electron chi connectivity index (χ2n) is 6.15. The van der Waals surface area contributed by atoms with Crippen LogP contribution in [0.25, 0.3) is 10.8 Å². The lowest BCUT2D eigenvalue weighted by Gasteiger charge is -2.20. The summed E-state index contributed by atoms with van der Waals surface area (Å²) in [6.07, 6.45) is -0.114. The van der Waals surface area contributed by atoms with Crippen LogP contribution in [0.2, 0.25) is 0 Å². The molecule has 0 radical (unpaired) electrons. The fourth-order valence-electron chi connectivity index (χ4n) is 2.90. The summed E-state index contributed by atoms with van der Waals surface area (Å²) in [5.74, 6) is -1.33.